The molecule has 0 amide bonds. The molecule has 1 aliphatic heterocycles. The van der Waals surface area contributed by atoms with Crippen LogP contribution in [-0.4, -0.2) is 64.5 Å². The second kappa shape index (κ2) is 6.63. The summed E-state index contributed by atoms with van der Waals surface area (Å²) in [5.74, 6) is 0.654. The van der Waals surface area contributed by atoms with Gasteiger partial charge in [0.15, 0.2) is 0 Å². The van der Waals surface area contributed by atoms with Gasteiger partial charge in [0, 0.05) is 32.4 Å². The summed E-state index contributed by atoms with van der Waals surface area (Å²) in [4.78, 5) is 7.91. The summed E-state index contributed by atoms with van der Waals surface area (Å²) in [6.07, 6.45) is -1.02. The first kappa shape index (κ1) is 16.1. The first-order chi connectivity index (χ1) is 9.92. The Morgan fingerprint density at radius 3 is 2.43 bits per heavy atom. The number of hydrogen-bond donors (Lipinski definition) is 1. The molecular formula is C12H18F2N4O2S. The normalized spacial score (nSPS) is 17.4. The molecule has 2 heterocycles. The average Bonchev–Trinajstić information content (AvgIpc) is 2.47. The molecule has 9 heteroatoms. The molecule has 1 aromatic heterocycles. The molecule has 1 saturated heterocycles. The van der Waals surface area contributed by atoms with Crippen molar-refractivity contribution < 1.29 is 17.2 Å². The number of nitrogens with zero attached hydrogens (tertiary/aromatic N) is 3. The summed E-state index contributed by atoms with van der Waals surface area (Å²) in [6.45, 7) is 2.07. The van der Waals surface area contributed by atoms with Crippen LogP contribution < -0.4 is 9.62 Å². The number of halogens is 2. The Morgan fingerprint density at radius 2 is 1.95 bits per heavy atom. The van der Waals surface area contributed by atoms with Gasteiger partial charge in [-0.2, -0.15) is 0 Å². The molecular weight excluding hydrogens is 302 g/mol. The number of piperazine rings is 1. The second-order valence-corrected chi connectivity index (χ2v) is 6.62. The Bertz CT molecular complexity index is 557. The van der Waals surface area contributed by atoms with Gasteiger partial charge in [-0.05, 0) is 19.2 Å². The molecule has 0 radical (unpaired) electrons. The maximum atomic E-state index is 12.3. The van der Waals surface area contributed by atoms with Crippen molar-refractivity contribution in [1.82, 2.24) is 14.6 Å². The van der Waals surface area contributed by atoms with Crippen molar-refractivity contribution in [3.8, 4) is 0 Å². The molecule has 0 aliphatic carbocycles. The number of nitrogens with one attached hydrogen (secondary N) is 1. The van der Waals surface area contributed by atoms with E-state index in [1.807, 2.05) is 4.90 Å². The van der Waals surface area contributed by atoms with E-state index in [9.17, 15) is 17.2 Å². The minimum atomic E-state index is -3.49. The summed E-state index contributed by atoms with van der Waals surface area (Å²) < 4.78 is 50.0. The van der Waals surface area contributed by atoms with E-state index in [2.05, 4.69) is 9.71 Å². The van der Waals surface area contributed by atoms with Crippen molar-refractivity contribution >= 4 is 15.8 Å². The smallest absolute Gasteiger partial charge is 0.251 e. The lowest BCUT2D eigenvalue weighted by Gasteiger charge is -2.35. The van der Waals surface area contributed by atoms with E-state index in [0.717, 1.165) is 0 Å². The third-order valence-corrected chi connectivity index (χ3v) is 4.79. The number of pyridine rings is 1. The highest BCUT2D eigenvalue weighted by Crippen LogP contribution is 2.16. The van der Waals surface area contributed by atoms with E-state index in [-0.39, 0.29) is 11.4 Å². The van der Waals surface area contributed by atoms with E-state index >= 15 is 0 Å². The molecule has 118 valence electrons. The van der Waals surface area contributed by atoms with Crippen LogP contribution in [0, 0.1) is 0 Å². The van der Waals surface area contributed by atoms with Crippen LogP contribution in [0.1, 0.15) is 0 Å². The zero-order chi connectivity index (χ0) is 15.5. The predicted molar refractivity (Wildman–Crippen MR) is 75.1 cm³/mol. The third-order valence-electron chi connectivity index (χ3n) is 3.39. The highest BCUT2D eigenvalue weighted by molar-refractivity contribution is 7.89. The van der Waals surface area contributed by atoms with Gasteiger partial charge in [0.2, 0.25) is 10.0 Å². The Morgan fingerprint density at radius 1 is 1.29 bits per heavy atom. The molecule has 1 aromatic rings. The maximum Gasteiger partial charge on any atom is 0.251 e. The van der Waals surface area contributed by atoms with Gasteiger partial charge in [-0.1, -0.05) is 0 Å². The van der Waals surface area contributed by atoms with Crippen molar-refractivity contribution in [3.05, 3.63) is 18.3 Å². The molecule has 0 atom stereocenters. The van der Waals surface area contributed by atoms with Crippen LogP contribution in [0.25, 0.3) is 0 Å². The SMILES string of the molecule is CNS(=O)(=O)c1ccc(N2CCN(CC(F)F)CC2)nc1. The van der Waals surface area contributed by atoms with Crippen molar-refractivity contribution in [2.24, 2.45) is 0 Å². The Labute approximate surface area is 122 Å². The van der Waals surface area contributed by atoms with Gasteiger partial charge in [-0.3, -0.25) is 4.90 Å². The zero-order valence-corrected chi connectivity index (χ0v) is 12.5. The number of anilines is 1. The van der Waals surface area contributed by atoms with Crippen LogP contribution in [-0.2, 0) is 10.0 Å². The molecule has 0 spiro atoms. The molecule has 0 saturated carbocycles. The Hall–Kier alpha value is -1.32. The fourth-order valence-electron chi connectivity index (χ4n) is 2.19. The van der Waals surface area contributed by atoms with Crippen molar-refractivity contribution in [2.75, 3.05) is 44.7 Å². The van der Waals surface area contributed by atoms with E-state index in [1.54, 1.807) is 11.0 Å². The van der Waals surface area contributed by atoms with E-state index in [1.165, 1.54) is 19.3 Å². The van der Waals surface area contributed by atoms with Crippen LogP contribution in [0.4, 0.5) is 14.6 Å². The van der Waals surface area contributed by atoms with Gasteiger partial charge in [0.25, 0.3) is 6.43 Å². The monoisotopic (exact) mass is 320 g/mol. The quantitative estimate of drug-likeness (QED) is 0.849. The summed E-state index contributed by atoms with van der Waals surface area (Å²) in [7, 11) is -2.15. The summed E-state index contributed by atoms with van der Waals surface area (Å²) in [6, 6.07) is 3.12. The molecule has 0 unspecified atom stereocenters. The molecule has 21 heavy (non-hydrogen) atoms. The van der Waals surface area contributed by atoms with E-state index in [0.29, 0.717) is 32.0 Å². The van der Waals surface area contributed by atoms with Gasteiger partial charge in [-0.25, -0.2) is 26.9 Å². The number of hydrogen-bond acceptors (Lipinski definition) is 5. The molecule has 0 aromatic carbocycles. The van der Waals surface area contributed by atoms with E-state index < -0.39 is 16.4 Å². The van der Waals surface area contributed by atoms with Crippen molar-refractivity contribution in [2.45, 2.75) is 11.3 Å². The number of sulfonamides is 1. The lowest BCUT2D eigenvalue weighted by atomic mass is 10.3. The van der Waals surface area contributed by atoms with Gasteiger partial charge < -0.3 is 4.90 Å². The lowest BCUT2D eigenvalue weighted by molar-refractivity contribution is 0.0854. The maximum absolute atomic E-state index is 12.3. The van der Waals surface area contributed by atoms with Crippen LogP contribution >= 0.6 is 0 Å². The standard InChI is InChI=1S/C12H18F2N4O2S/c1-15-21(19,20)10-2-3-12(16-8-10)18-6-4-17(5-7-18)9-11(13)14/h2-3,8,11,15H,4-7,9H2,1H3. The van der Waals surface area contributed by atoms with Gasteiger partial charge in [0.1, 0.15) is 10.7 Å². The molecule has 1 aliphatic rings. The zero-order valence-electron chi connectivity index (χ0n) is 11.7. The summed E-state index contributed by atoms with van der Waals surface area (Å²) in [5, 5.41) is 0. The van der Waals surface area contributed by atoms with E-state index in [4.69, 9.17) is 0 Å². The highest BCUT2D eigenvalue weighted by atomic mass is 32.2. The minimum absolute atomic E-state index is 0.102. The van der Waals surface area contributed by atoms with Gasteiger partial charge in [0.05, 0.1) is 6.54 Å². The largest absolute Gasteiger partial charge is 0.354 e. The first-order valence-electron chi connectivity index (χ1n) is 6.57. The molecule has 1 fully saturated rings. The van der Waals surface area contributed by atoms with Crippen molar-refractivity contribution in [3.63, 3.8) is 0 Å². The second-order valence-electron chi connectivity index (χ2n) is 4.74. The molecule has 1 N–H and O–H groups in total. The minimum Gasteiger partial charge on any atom is -0.354 e. The first-order valence-corrected chi connectivity index (χ1v) is 8.06. The fourth-order valence-corrected chi connectivity index (χ4v) is 2.87. The third kappa shape index (κ3) is 4.08. The Kier molecular flexibility index (Phi) is 5.07. The molecule has 6 nitrogen and oxygen atoms in total. The van der Waals surface area contributed by atoms with Crippen LogP contribution in [0.5, 0.6) is 0 Å². The average molecular weight is 320 g/mol. The predicted octanol–water partition coefficient (Wildman–Crippen LogP) is 0.377. The highest BCUT2D eigenvalue weighted by Gasteiger charge is 2.21. The van der Waals surface area contributed by atoms with Gasteiger partial charge in [-0.15, -0.1) is 0 Å². The number of rotatable bonds is 5. The lowest BCUT2D eigenvalue weighted by Crippen LogP contribution is -2.48. The Balaban J connectivity index is 1.98. The van der Waals surface area contributed by atoms with Crippen LogP contribution in [0.2, 0.25) is 0 Å². The number of alkyl halides is 2. The fraction of sp³-hybridized carbons (Fsp3) is 0.583. The summed E-state index contributed by atoms with van der Waals surface area (Å²) in [5.41, 5.74) is 0. The van der Waals surface area contributed by atoms with Gasteiger partial charge >= 0.3 is 0 Å². The molecule has 2 rings (SSSR count). The topological polar surface area (TPSA) is 65.5 Å². The number of aromatic nitrogens is 1. The van der Waals surface area contributed by atoms with Crippen LogP contribution in [0.3, 0.4) is 0 Å². The summed E-state index contributed by atoms with van der Waals surface area (Å²) >= 11 is 0. The molecule has 0 bridgehead atoms. The van der Waals surface area contributed by atoms with Crippen molar-refractivity contribution in [1.29, 1.82) is 0 Å². The van der Waals surface area contributed by atoms with Crippen LogP contribution in [0.15, 0.2) is 23.2 Å².